The van der Waals surface area contributed by atoms with Crippen molar-refractivity contribution in [3.63, 3.8) is 0 Å². The molecular formula is C19H21N3O3S. The number of benzene rings is 2. The molecule has 3 aromatic rings. The van der Waals surface area contributed by atoms with Crippen molar-refractivity contribution in [1.82, 2.24) is 10.2 Å². The summed E-state index contributed by atoms with van der Waals surface area (Å²) >= 11 is 4.47. The molecule has 2 aromatic carbocycles. The maximum Gasteiger partial charge on any atom is 0.141 e. The second-order valence-corrected chi connectivity index (χ2v) is 6.24. The van der Waals surface area contributed by atoms with Crippen molar-refractivity contribution in [2.75, 3.05) is 19.5 Å². The number of H-pyrrole nitrogens is 1. The second-order valence-electron chi connectivity index (χ2n) is 5.81. The average Bonchev–Trinajstić information content (AvgIpc) is 3.02. The first-order valence-electron chi connectivity index (χ1n) is 8.18. The van der Waals surface area contributed by atoms with Crippen LogP contribution in [0.15, 0.2) is 35.4 Å². The van der Waals surface area contributed by atoms with Gasteiger partial charge in [0.25, 0.3) is 0 Å². The molecule has 1 heterocycles. The first-order valence-corrected chi connectivity index (χ1v) is 8.63. The van der Waals surface area contributed by atoms with Crippen molar-refractivity contribution in [3.8, 4) is 39.6 Å². The molecule has 0 spiro atoms. The van der Waals surface area contributed by atoms with Gasteiger partial charge in [0.1, 0.15) is 22.3 Å². The van der Waals surface area contributed by atoms with E-state index in [1.807, 2.05) is 32.2 Å². The van der Waals surface area contributed by atoms with Crippen LogP contribution in [0.1, 0.15) is 12.5 Å². The lowest BCUT2D eigenvalue weighted by Gasteiger charge is -2.12. The zero-order valence-electron chi connectivity index (χ0n) is 14.8. The number of nitrogens with zero attached hydrogens (tertiary/aromatic N) is 1. The summed E-state index contributed by atoms with van der Waals surface area (Å²) in [5.41, 5.74) is 4.39. The Morgan fingerprint density at radius 3 is 2.62 bits per heavy atom. The van der Waals surface area contributed by atoms with Crippen LogP contribution in [0.3, 0.4) is 0 Å². The van der Waals surface area contributed by atoms with Gasteiger partial charge in [0, 0.05) is 24.2 Å². The van der Waals surface area contributed by atoms with Crippen LogP contribution in [0.4, 0.5) is 5.69 Å². The van der Waals surface area contributed by atoms with Gasteiger partial charge in [-0.1, -0.05) is 13.0 Å². The third kappa shape index (κ3) is 3.06. The van der Waals surface area contributed by atoms with E-state index in [0.29, 0.717) is 22.7 Å². The Balaban J connectivity index is 2.20. The fourth-order valence-corrected chi connectivity index (χ4v) is 3.26. The molecule has 0 atom stereocenters. The number of phenols is 2. The van der Waals surface area contributed by atoms with Crippen LogP contribution in [0.5, 0.6) is 17.2 Å². The molecule has 0 fully saturated rings. The van der Waals surface area contributed by atoms with Gasteiger partial charge in [-0.3, -0.25) is 5.10 Å². The van der Waals surface area contributed by atoms with Crippen LogP contribution in [0, 0.1) is 0 Å². The summed E-state index contributed by atoms with van der Waals surface area (Å²) in [5, 5.41) is 31.1. The number of thiol groups is 1. The van der Waals surface area contributed by atoms with Crippen molar-refractivity contribution < 1.29 is 14.9 Å². The molecule has 4 N–H and O–H groups in total. The zero-order chi connectivity index (χ0) is 18.8. The quantitative estimate of drug-likeness (QED) is 0.437. The zero-order valence-corrected chi connectivity index (χ0v) is 15.7. The molecule has 0 aliphatic carbocycles. The maximum absolute atomic E-state index is 10.4. The largest absolute Gasteiger partial charge is 0.508 e. The SMILES string of the molecule is CCc1cc(-c2[nH]nc(S)c2-c2ccc(OC)c(NC)c2)c(O)cc1O. The summed E-state index contributed by atoms with van der Waals surface area (Å²) in [5.74, 6) is 0.769. The topological polar surface area (TPSA) is 90.4 Å². The van der Waals surface area contributed by atoms with Gasteiger partial charge in [0.05, 0.1) is 18.5 Å². The standard InChI is InChI=1S/C19H21N3O3S/c1-4-10-7-12(15(24)9-14(10)23)18-17(19(26)22-21-18)11-5-6-16(25-3)13(8-11)20-2/h5-9,20,23-24H,4H2,1-3H3,(H2,21,22,26). The van der Waals surface area contributed by atoms with Gasteiger partial charge in [0.2, 0.25) is 0 Å². The molecule has 0 saturated carbocycles. The number of aryl methyl sites for hydroxylation is 1. The van der Waals surface area contributed by atoms with E-state index in [9.17, 15) is 10.2 Å². The van der Waals surface area contributed by atoms with Crippen LogP contribution >= 0.6 is 12.6 Å². The highest BCUT2D eigenvalue weighted by molar-refractivity contribution is 7.80. The number of aromatic hydroxyl groups is 2. The third-order valence-corrected chi connectivity index (χ3v) is 4.68. The van der Waals surface area contributed by atoms with Gasteiger partial charge in [0.15, 0.2) is 0 Å². The van der Waals surface area contributed by atoms with Crippen molar-refractivity contribution in [1.29, 1.82) is 0 Å². The lowest BCUT2D eigenvalue weighted by Crippen LogP contribution is -1.94. The molecule has 0 amide bonds. The summed E-state index contributed by atoms with van der Waals surface area (Å²) in [6.45, 7) is 1.94. The molecule has 0 saturated heterocycles. The smallest absolute Gasteiger partial charge is 0.141 e. The van der Waals surface area contributed by atoms with Gasteiger partial charge in [-0.25, -0.2) is 0 Å². The average molecular weight is 371 g/mol. The first-order chi connectivity index (χ1) is 12.5. The number of methoxy groups -OCH3 is 1. The summed E-state index contributed by atoms with van der Waals surface area (Å²) in [6.07, 6.45) is 0.642. The van der Waals surface area contributed by atoms with E-state index < -0.39 is 0 Å². The molecule has 0 aliphatic heterocycles. The van der Waals surface area contributed by atoms with Crippen LogP contribution < -0.4 is 10.1 Å². The van der Waals surface area contributed by atoms with Crippen LogP contribution in [0.2, 0.25) is 0 Å². The van der Waals surface area contributed by atoms with Crippen molar-refractivity contribution >= 4 is 18.3 Å². The molecule has 0 unspecified atom stereocenters. The van der Waals surface area contributed by atoms with Gasteiger partial charge in [-0.15, -0.1) is 12.6 Å². The maximum atomic E-state index is 10.4. The van der Waals surface area contributed by atoms with Crippen molar-refractivity contribution in [3.05, 3.63) is 35.9 Å². The number of rotatable bonds is 5. The predicted octanol–water partition coefficient (Wildman–Crippen LogP) is 4.06. The van der Waals surface area contributed by atoms with Gasteiger partial charge < -0.3 is 20.3 Å². The Bertz CT molecular complexity index is 953. The molecule has 7 heteroatoms. The summed E-state index contributed by atoms with van der Waals surface area (Å²) in [6, 6.07) is 8.82. The van der Waals surface area contributed by atoms with E-state index in [2.05, 4.69) is 28.1 Å². The normalized spacial score (nSPS) is 10.8. The highest BCUT2D eigenvalue weighted by Gasteiger charge is 2.20. The molecular weight excluding hydrogens is 350 g/mol. The molecule has 0 radical (unpaired) electrons. The monoisotopic (exact) mass is 371 g/mol. The number of aromatic nitrogens is 2. The minimum absolute atomic E-state index is 0.0275. The fraction of sp³-hybridized carbons (Fsp3) is 0.211. The Morgan fingerprint density at radius 1 is 1.19 bits per heavy atom. The predicted molar refractivity (Wildman–Crippen MR) is 106 cm³/mol. The molecule has 0 aliphatic rings. The van der Waals surface area contributed by atoms with Crippen LogP contribution in [0.25, 0.3) is 22.4 Å². The Hall–Kier alpha value is -2.80. The number of ether oxygens (including phenoxy) is 1. The van der Waals surface area contributed by atoms with E-state index in [1.165, 1.54) is 6.07 Å². The Labute approximate surface area is 157 Å². The summed E-state index contributed by atoms with van der Waals surface area (Å²) in [4.78, 5) is 0. The van der Waals surface area contributed by atoms with Crippen LogP contribution in [-0.2, 0) is 6.42 Å². The third-order valence-electron chi connectivity index (χ3n) is 4.35. The summed E-state index contributed by atoms with van der Waals surface area (Å²) < 4.78 is 5.34. The molecule has 0 bridgehead atoms. The first kappa shape index (κ1) is 18.0. The summed E-state index contributed by atoms with van der Waals surface area (Å²) in [7, 11) is 3.43. The number of hydrogen-bond donors (Lipinski definition) is 5. The van der Waals surface area contributed by atoms with E-state index in [1.54, 1.807) is 13.2 Å². The van der Waals surface area contributed by atoms with E-state index >= 15 is 0 Å². The van der Waals surface area contributed by atoms with Crippen molar-refractivity contribution in [2.45, 2.75) is 18.4 Å². The number of anilines is 1. The minimum atomic E-state index is -0.0275. The fourth-order valence-electron chi connectivity index (χ4n) is 2.97. The van der Waals surface area contributed by atoms with E-state index in [4.69, 9.17) is 4.74 Å². The Kier molecular flexibility index (Phi) is 4.99. The molecule has 3 rings (SSSR count). The Morgan fingerprint density at radius 2 is 1.96 bits per heavy atom. The second kappa shape index (κ2) is 7.21. The highest BCUT2D eigenvalue weighted by atomic mass is 32.1. The lowest BCUT2D eigenvalue weighted by atomic mass is 9.98. The number of nitrogens with one attached hydrogen (secondary N) is 2. The highest BCUT2D eigenvalue weighted by Crippen LogP contribution is 2.42. The van der Waals surface area contributed by atoms with Crippen molar-refractivity contribution in [2.24, 2.45) is 0 Å². The van der Waals surface area contributed by atoms with Crippen LogP contribution in [-0.4, -0.2) is 34.6 Å². The lowest BCUT2D eigenvalue weighted by molar-refractivity contribution is 0.416. The number of hydrogen-bond acceptors (Lipinski definition) is 6. The van der Waals surface area contributed by atoms with E-state index in [0.717, 1.165) is 28.1 Å². The molecule has 6 nitrogen and oxygen atoms in total. The van der Waals surface area contributed by atoms with E-state index in [-0.39, 0.29) is 11.5 Å². The number of phenolic OH excluding ortho intramolecular Hbond substituents is 2. The molecule has 26 heavy (non-hydrogen) atoms. The van der Waals surface area contributed by atoms with Gasteiger partial charge in [-0.05, 0) is 35.7 Å². The van der Waals surface area contributed by atoms with Gasteiger partial charge in [-0.2, -0.15) is 5.10 Å². The number of aromatic amines is 1. The molecule has 136 valence electrons. The minimum Gasteiger partial charge on any atom is -0.508 e. The molecule has 1 aromatic heterocycles. The van der Waals surface area contributed by atoms with Gasteiger partial charge >= 0.3 is 0 Å².